The standard InChI is InChI=1S/C26H30N2O3S2/c1-6-31-24(29)20-16-19(14-17-10-8-7-9-11-17)33-23(20)28-25(32)27-21-15-18(26(2,3)4)12-13-22(21)30-5/h7-13,15-16H,6,14H2,1-5H3,(H2,27,28,32). The smallest absolute Gasteiger partial charge is 0.341 e. The second-order valence-corrected chi connectivity index (χ2v) is 10.1. The fraction of sp³-hybridized carbons (Fsp3) is 0.308. The van der Waals surface area contributed by atoms with E-state index in [1.165, 1.54) is 16.9 Å². The van der Waals surface area contributed by atoms with Crippen molar-refractivity contribution < 1.29 is 14.3 Å². The number of esters is 1. The molecular formula is C26H30N2O3S2. The van der Waals surface area contributed by atoms with E-state index in [2.05, 4.69) is 49.6 Å². The number of methoxy groups -OCH3 is 1. The number of hydrogen-bond acceptors (Lipinski definition) is 5. The number of thiophene rings is 1. The van der Waals surface area contributed by atoms with E-state index in [-0.39, 0.29) is 11.4 Å². The lowest BCUT2D eigenvalue weighted by molar-refractivity contribution is 0.0528. The summed E-state index contributed by atoms with van der Waals surface area (Å²) in [6, 6.07) is 18.0. The molecule has 0 spiro atoms. The molecule has 3 rings (SSSR count). The molecule has 0 fully saturated rings. The van der Waals surface area contributed by atoms with Crippen LogP contribution in [-0.2, 0) is 16.6 Å². The van der Waals surface area contributed by atoms with Gasteiger partial charge in [-0.1, -0.05) is 57.2 Å². The van der Waals surface area contributed by atoms with E-state index in [4.69, 9.17) is 21.7 Å². The second-order valence-electron chi connectivity index (χ2n) is 8.58. The number of anilines is 2. The van der Waals surface area contributed by atoms with Gasteiger partial charge in [-0.2, -0.15) is 0 Å². The van der Waals surface area contributed by atoms with E-state index < -0.39 is 0 Å². The van der Waals surface area contributed by atoms with Gasteiger partial charge in [0, 0.05) is 11.3 Å². The number of carbonyl (C=O) groups is 1. The number of hydrogen-bond donors (Lipinski definition) is 2. The van der Waals surface area contributed by atoms with Crippen molar-refractivity contribution in [2.75, 3.05) is 24.4 Å². The summed E-state index contributed by atoms with van der Waals surface area (Å²) in [6.45, 7) is 8.56. The Labute approximate surface area is 205 Å². The van der Waals surface area contributed by atoms with Crippen LogP contribution in [0.4, 0.5) is 10.7 Å². The molecule has 2 N–H and O–H groups in total. The molecule has 0 saturated heterocycles. The molecule has 7 heteroatoms. The van der Waals surface area contributed by atoms with Gasteiger partial charge in [0.25, 0.3) is 0 Å². The summed E-state index contributed by atoms with van der Waals surface area (Å²) in [5, 5.41) is 7.45. The molecule has 0 unspecified atom stereocenters. The van der Waals surface area contributed by atoms with Crippen molar-refractivity contribution in [1.82, 2.24) is 0 Å². The molecule has 174 valence electrons. The van der Waals surface area contributed by atoms with Gasteiger partial charge in [-0.25, -0.2) is 4.79 Å². The van der Waals surface area contributed by atoms with Crippen LogP contribution in [0.5, 0.6) is 5.75 Å². The maximum atomic E-state index is 12.6. The molecule has 3 aromatic rings. The van der Waals surface area contributed by atoms with Crippen LogP contribution in [0.2, 0.25) is 0 Å². The van der Waals surface area contributed by atoms with Crippen LogP contribution in [0.25, 0.3) is 0 Å². The molecule has 0 radical (unpaired) electrons. The van der Waals surface area contributed by atoms with Crippen LogP contribution in [0.3, 0.4) is 0 Å². The number of rotatable bonds is 7. The molecule has 0 aliphatic carbocycles. The van der Waals surface area contributed by atoms with Gasteiger partial charge in [0.2, 0.25) is 0 Å². The van der Waals surface area contributed by atoms with Crippen molar-refractivity contribution in [2.24, 2.45) is 0 Å². The fourth-order valence-corrected chi connectivity index (χ4v) is 4.67. The number of benzene rings is 2. The SMILES string of the molecule is CCOC(=O)c1cc(Cc2ccccc2)sc1NC(=S)Nc1cc(C(C)(C)C)ccc1OC. The Kier molecular flexibility index (Phi) is 8.10. The van der Waals surface area contributed by atoms with Gasteiger partial charge in [0.15, 0.2) is 5.11 Å². The highest BCUT2D eigenvalue weighted by atomic mass is 32.1. The topological polar surface area (TPSA) is 59.6 Å². The van der Waals surface area contributed by atoms with Crippen LogP contribution in [0.1, 0.15) is 54.1 Å². The molecular weight excluding hydrogens is 452 g/mol. The number of nitrogens with one attached hydrogen (secondary N) is 2. The third-order valence-electron chi connectivity index (χ3n) is 5.04. The molecule has 0 atom stereocenters. The second kappa shape index (κ2) is 10.8. The third kappa shape index (κ3) is 6.55. The molecule has 5 nitrogen and oxygen atoms in total. The van der Waals surface area contributed by atoms with Gasteiger partial charge in [-0.05, 0) is 53.9 Å². The van der Waals surface area contributed by atoms with Crippen LogP contribution in [0, 0.1) is 0 Å². The summed E-state index contributed by atoms with van der Waals surface area (Å²) < 4.78 is 10.8. The first-order valence-electron chi connectivity index (χ1n) is 10.8. The monoisotopic (exact) mass is 482 g/mol. The maximum Gasteiger partial charge on any atom is 0.341 e. The lowest BCUT2D eigenvalue weighted by Gasteiger charge is -2.21. The van der Waals surface area contributed by atoms with Gasteiger partial charge in [-0.3, -0.25) is 0 Å². The first-order chi connectivity index (χ1) is 15.7. The molecule has 0 aliphatic rings. The first-order valence-corrected chi connectivity index (χ1v) is 12.0. The van der Waals surface area contributed by atoms with Crippen molar-refractivity contribution in [3.05, 3.63) is 76.2 Å². The molecule has 1 aromatic heterocycles. The Morgan fingerprint density at radius 3 is 2.42 bits per heavy atom. The normalized spacial score (nSPS) is 11.1. The maximum absolute atomic E-state index is 12.6. The average molecular weight is 483 g/mol. The van der Waals surface area contributed by atoms with Gasteiger partial charge < -0.3 is 20.1 Å². The first kappa shape index (κ1) is 24.7. The number of ether oxygens (including phenoxy) is 2. The molecule has 1 heterocycles. The van der Waals surface area contributed by atoms with E-state index in [0.717, 1.165) is 22.5 Å². The Morgan fingerprint density at radius 2 is 1.79 bits per heavy atom. The lowest BCUT2D eigenvalue weighted by atomic mass is 9.87. The van der Waals surface area contributed by atoms with Gasteiger partial charge in [0.1, 0.15) is 10.8 Å². The fourth-order valence-electron chi connectivity index (χ4n) is 3.31. The van der Waals surface area contributed by atoms with Gasteiger partial charge in [0.05, 0.1) is 25.0 Å². The van der Waals surface area contributed by atoms with Crippen LogP contribution < -0.4 is 15.4 Å². The largest absolute Gasteiger partial charge is 0.495 e. The van der Waals surface area contributed by atoms with E-state index in [1.807, 2.05) is 36.4 Å². The van der Waals surface area contributed by atoms with Gasteiger partial charge >= 0.3 is 5.97 Å². The molecule has 0 bridgehead atoms. The number of carbonyl (C=O) groups excluding carboxylic acids is 1. The zero-order valence-electron chi connectivity index (χ0n) is 19.7. The Hall–Kier alpha value is -2.90. The average Bonchev–Trinajstić information content (AvgIpc) is 3.15. The summed E-state index contributed by atoms with van der Waals surface area (Å²) in [5.74, 6) is 0.319. The third-order valence-corrected chi connectivity index (χ3v) is 6.29. The molecule has 0 amide bonds. The highest BCUT2D eigenvalue weighted by Crippen LogP contribution is 2.33. The lowest BCUT2D eigenvalue weighted by Crippen LogP contribution is -2.21. The predicted molar refractivity (Wildman–Crippen MR) is 141 cm³/mol. The van der Waals surface area contributed by atoms with Gasteiger partial charge in [-0.15, -0.1) is 11.3 Å². The Bertz CT molecular complexity index is 1120. The van der Waals surface area contributed by atoms with Crippen LogP contribution in [0.15, 0.2) is 54.6 Å². The Morgan fingerprint density at radius 1 is 1.06 bits per heavy atom. The summed E-state index contributed by atoms with van der Waals surface area (Å²) >= 11 is 7.08. The minimum Gasteiger partial charge on any atom is -0.495 e. The zero-order chi connectivity index (χ0) is 24.0. The van der Waals surface area contributed by atoms with E-state index in [1.54, 1.807) is 14.0 Å². The summed E-state index contributed by atoms with van der Waals surface area (Å²) in [4.78, 5) is 13.6. The van der Waals surface area contributed by atoms with E-state index in [0.29, 0.717) is 28.0 Å². The van der Waals surface area contributed by atoms with Crippen molar-refractivity contribution in [2.45, 2.75) is 39.5 Å². The minimum atomic E-state index is -0.370. The molecule has 0 aliphatic heterocycles. The molecule has 33 heavy (non-hydrogen) atoms. The van der Waals surface area contributed by atoms with E-state index in [9.17, 15) is 4.79 Å². The highest BCUT2D eigenvalue weighted by Gasteiger charge is 2.20. The van der Waals surface area contributed by atoms with Crippen molar-refractivity contribution >= 4 is 45.3 Å². The number of thiocarbonyl (C=S) groups is 1. The van der Waals surface area contributed by atoms with Crippen molar-refractivity contribution in [1.29, 1.82) is 0 Å². The summed E-state index contributed by atoms with van der Waals surface area (Å²) in [6.07, 6.45) is 0.723. The molecule has 2 aromatic carbocycles. The quantitative estimate of drug-likeness (QED) is 0.291. The predicted octanol–water partition coefficient (Wildman–Crippen LogP) is 6.63. The summed E-state index contributed by atoms with van der Waals surface area (Å²) in [7, 11) is 1.63. The van der Waals surface area contributed by atoms with E-state index >= 15 is 0 Å². The highest BCUT2D eigenvalue weighted by molar-refractivity contribution is 7.80. The van der Waals surface area contributed by atoms with Crippen LogP contribution >= 0.6 is 23.6 Å². The Balaban J connectivity index is 1.84. The summed E-state index contributed by atoms with van der Waals surface area (Å²) in [5.41, 5.74) is 3.55. The van der Waals surface area contributed by atoms with Crippen molar-refractivity contribution in [3.8, 4) is 5.75 Å². The minimum absolute atomic E-state index is 0.0189. The van der Waals surface area contributed by atoms with Crippen LogP contribution in [-0.4, -0.2) is 24.8 Å². The zero-order valence-corrected chi connectivity index (χ0v) is 21.3. The van der Waals surface area contributed by atoms with Crippen molar-refractivity contribution in [3.63, 3.8) is 0 Å². The molecule has 0 saturated carbocycles.